The minimum atomic E-state index is 0. The molecular formula is C5H13NU. The third-order valence-electron chi connectivity index (χ3n) is 0.500. The molecule has 0 rings (SSSR count). The van der Waals surface area contributed by atoms with Gasteiger partial charge in [0.25, 0.3) is 0 Å². The molecule has 0 aliphatic carbocycles. The fourth-order valence-electron chi connectivity index (χ4n) is 0. The molecule has 0 heterocycles. The van der Waals surface area contributed by atoms with Crippen LogP contribution in [0, 0.1) is 44.6 Å². The Balaban J connectivity index is -0.0000000800. The van der Waals surface area contributed by atoms with E-state index in [1.54, 1.807) is 0 Å². The van der Waals surface area contributed by atoms with Crippen molar-refractivity contribution >= 4 is 0 Å². The molecule has 0 spiro atoms. The number of hydrogen-bond acceptors (Lipinski definition) is 1. The van der Waals surface area contributed by atoms with E-state index in [2.05, 4.69) is 5.32 Å². The van der Waals surface area contributed by atoms with Gasteiger partial charge in [0.1, 0.15) is 0 Å². The Labute approximate surface area is 70.6 Å². The zero-order valence-electron chi connectivity index (χ0n) is 5.50. The largest absolute Gasteiger partial charge is 2.00 e. The summed E-state index contributed by atoms with van der Waals surface area (Å²) in [6.45, 7) is 4.06. The maximum absolute atomic E-state index is 2.94. The van der Waals surface area contributed by atoms with Gasteiger partial charge >= 0.3 is 31.1 Å². The van der Waals surface area contributed by atoms with Crippen LogP contribution < -0.4 is 5.32 Å². The van der Waals surface area contributed by atoms with Crippen molar-refractivity contribution in [2.24, 2.45) is 0 Å². The molecule has 2 heteroatoms. The Morgan fingerprint density at radius 3 is 1.43 bits per heavy atom. The third kappa shape index (κ3) is 19.4. The van der Waals surface area contributed by atoms with E-state index >= 15 is 0 Å². The van der Waals surface area contributed by atoms with E-state index in [1.807, 2.05) is 20.9 Å². The molecule has 42 valence electrons. The quantitative estimate of drug-likeness (QED) is 0.715. The standard InChI is InChI=1S/C4H10N.CH3.U/c1-4(2)5-3;;/h5H,1-3H3;1H3;/q2*-1;+2. The Morgan fingerprint density at radius 1 is 1.29 bits per heavy atom. The molecule has 1 nitrogen and oxygen atoms in total. The summed E-state index contributed by atoms with van der Waals surface area (Å²) in [4.78, 5) is 0. The summed E-state index contributed by atoms with van der Waals surface area (Å²) in [5.41, 5.74) is 0. The van der Waals surface area contributed by atoms with E-state index in [1.165, 1.54) is 6.04 Å². The third-order valence-corrected chi connectivity index (χ3v) is 0.500. The molecule has 0 saturated heterocycles. The molecule has 0 radical (unpaired) electrons. The molecule has 0 aromatic carbocycles. The molecule has 0 atom stereocenters. The summed E-state index contributed by atoms with van der Waals surface area (Å²) in [6, 6.07) is 1.25. The Kier molecular flexibility index (Phi) is 22.6. The van der Waals surface area contributed by atoms with Gasteiger partial charge in [-0.15, -0.1) is 0 Å². The SMILES string of the molecule is CN[C-](C)C.[CH3-].[U+2]. The monoisotopic (exact) mass is 325 g/mol. The van der Waals surface area contributed by atoms with Crippen molar-refractivity contribution in [3.8, 4) is 0 Å². The first kappa shape index (κ1) is 15.7. The topological polar surface area (TPSA) is 12.0 Å². The van der Waals surface area contributed by atoms with Gasteiger partial charge in [0.05, 0.1) is 0 Å². The van der Waals surface area contributed by atoms with Crippen molar-refractivity contribution in [3.05, 3.63) is 13.5 Å². The predicted octanol–water partition coefficient (Wildman–Crippen LogP) is 1.23. The molecule has 0 aliphatic rings. The zero-order chi connectivity index (χ0) is 4.28. The van der Waals surface area contributed by atoms with Crippen molar-refractivity contribution in [1.82, 2.24) is 5.32 Å². The fraction of sp³-hybridized carbons (Fsp3) is 0.600. The second-order valence-corrected chi connectivity index (χ2v) is 1.25. The van der Waals surface area contributed by atoms with Crippen LogP contribution in [0.2, 0.25) is 0 Å². The predicted molar refractivity (Wildman–Crippen MR) is 30.1 cm³/mol. The Bertz CT molecular complexity index is 22.0. The van der Waals surface area contributed by atoms with Crippen LogP contribution in [-0.2, 0) is 0 Å². The van der Waals surface area contributed by atoms with Crippen molar-refractivity contribution in [3.63, 3.8) is 0 Å². The molecule has 0 fully saturated rings. The van der Waals surface area contributed by atoms with Gasteiger partial charge in [-0.1, -0.05) is 0 Å². The first-order valence-corrected chi connectivity index (χ1v) is 1.75. The van der Waals surface area contributed by atoms with Crippen LogP contribution in [0.1, 0.15) is 13.8 Å². The zero-order valence-corrected chi connectivity index (χ0v) is 9.66. The van der Waals surface area contributed by atoms with Gasteiger partial charge in [-0.05, 0) is 7.05 Å². The van der Waals surface area contributed by atoms with Crippen molar-refractivity contribution in [2.45, 2.75) is 13.8 Å². The number of hydrogen-bond donors (Lipinski definition) is 1. The van der Waals surface area contributed by atoms with Crippen LogP contribution in [0.25, 0.3) is 0 Å². The van der Waals surface area contributed by atoms with Gasteiger partial charge in [0.2, 0.25) is 0 Å². The minimum absolute atomic E-state index is 0. The van der Waals surface area contributed by atoms with Gasteiger partial charge in [0.15, 0.2) is 0 Å². The van der Waals surface area contributed by atoms with Gasteiger partial charge in [-0.25, -0.2) is 0 Å². The van der Waals surface area contributed by atoms with E-state index in [9.17, 15) is 0 Å². The van der Waals surface area contributed by atoms with Gasteiger partial charge in [-0.2, -0.15) is 13.8 Å². The summed E-state index contributed by atoms with van der Waals surface area (Å²) >= 11 is 0. The Hall–Kier alpha value is 1.01. The van der Waals surface area contributed by atoms with Crippen LogP contribution >= 0.6 is 0 Å². The van der Waals surface area contributed by atoms with Crippen LogP contribution in [0.4, 0.5) is 0 Å². The van der Waals surface area contributed by atoms with Gasteiger partial charge < -0.3 is 12.7 Å². The summed E-state index contributed by atoms with van der Waals surface area (Å²) in [5.74, 6) is 0. The maximum Gasteiger partial charge on any atom is 2.00 e. The second-order valence-electron chi connectivity index (χ2n) is 1.25. The van der Waals surface area contributed by atoms with Crippen molar-refractivity contribution in [2.75, 3.05) is 7.05 Å². The molecule has 0 unspecified atom stereocenters. The first-order chi connectivity index (χ1) is 2.27. The summed E-state index contributed by atoms with van der Waals surface area (Å²) in [7, 11) is 1.91. The molecule has 1 N–H and O–H groups in total. The van der Waals surface area contributed by atoms with E-state index in [0.29, 0.717) is 0 Å². The maximum atomic E-state index is 2.94. The second kappa shape index (κ2) is 10.1. The van der Waals surface area contributed by atoms with Crippen LogP contribution in [-0.4, -0.2) is 7.05 Å². The molecular weight excluding hydrogens is 312 g/mol. The summed E-state index contributed by atoms with van der Waals surface area (Å²) in [6.07, 6.45) is 0. The number of rotatable bonds is 1. The molecule has 0 saturated carbocycles. The van der Waals surface area contributed by atoms with Crippen molar-refractivity contribution in [1.29, 1.82) is 0 Å². The van der Waals surface area contributed by atoms with E-state index in [0.717, 1.165) is 0 Å². The van der Waals surface area contributed by atoms with Gasteiger partial charge in [-0.3, -0.25) is 6.04 Å². The van der Waals surface area contributed by atoms with Crippen LogP contribution in [0.5, 0.6) is 0 Å². The van der Waals surface area contributed by atoms with Gasteiger partial charge in [0, 0.05) is 0 Å². The van der Waals surface area contributed by atoms with E-state index in [4.69, 9.17) is 0 Å². The van der Waals surface area contributed by atoms with Crippen molar-refractivity contribution < 1.29 is 31.1 Å². The summed E-state index contributed by atoms with van der Waals surface area (Å²) in [5, 5.41) is 2.94. The van der Waals surface area contributed by atoms with E-state index in [-0.39, 0.29) is 38.5 Å². The van der Waals surface area contributed by atoms with Crippen LogP contribution in [0.15, 0.2) is 0 Å². The minimum Gasteiger partial charge on any atom is -0.470 e. The summed E-state index contributed by atoms with van der Waals surface area (Å²) < 4.78 is 0. The average Bonchev–Trinajstić information content (AvgIpc) is 1.38. The first-order valence-electron chi connectivity index (χ1n) is 1.75. The molecule has 0 aliphatic heterocycles. The number of nitrogens with one attached hydrogen (secondary N) is 1. The van der Waals surface area contributed by atoms with Crippen LogP contribution in [0.3, 0.4) is 0 Å². The molecule has 0 bridgehead atoms. The Morgan fingerprint density at radius 2 is 1.43 bits per heavy atom. The van der Waals surface area contributed by atoms with E-state index < -0.39 is 0 Å². The normalized spacial score (nSPS) is 6.86. The smallest absolute Gasteiger partial charge is 0.470 e. The molecule has 0 amide bonds. The average molecular weight is 325 g/mol. The molecule has 0 aromatic rings. The molecule has 0 aromatic heterocycles. The fourth-order valence-corrected chi connectivity index (χ4v) is 0. The molecule has 7 heavy (non-hydrogen) atoms.